The molecular weight excluding hydrogens is 364 g/mol. The molecule has 0 saturated heterocycles. The van der Waals surface area contributed by atoms with Gasteiger partial charge >= 0.3 is 0 Å². The summed E-state index contributed by atoms with van der Waals surface area (Å²) < 4.78 is 16.9. The Morgan fingerprint density at radius 2 is 1.86 bits per heavy atom. The first-order chi connectivity index (χ1) is 13.4. The molecule has 1 aromatic carbocycles. The van der Waals surface area contributed by atoms with Crippen LogP contribution in [-0.2, 0) is 11.3 Å². The van der Waals surface area contributed by atoms with E-state index < -0.39 is 11.5 Å². The molecule has 9 nitrogen and oxygen atoms in total. The number of hydrogen-bond acceptors (Lipinski definition) is 7. The van der Waals surface area contributed by atoms with E-state index in [4.69, 9.17) is 19.6 Å². The van der Waals surface area contributed by atoms with Crippen LogP contribution in [0.5, 0.6) is 11.5 Å². The van der Waals surface area contributed by atoms with Crippen LogP contribution in [0.4, 0.5) is 11.4 Å². The summed E-state index contributed by atoms with van der Waals surface area (Å²) in [6, 6.07) is 9.85. The third kappa shape index (κ3) is 4.14. The fourth-order valence-corrected chi connectivity index (χ4v) is 2.58. The predicted molar refractivity (Wildman–Crippen MR) is 104 cm³/mol. The lowest BCUT2D eigenvalue weighted by Gasteiger charge is -2.11. The number of hydrogen-bond donors (Lipinski definition) is 2. The summed E-state index contributed by atoms with van der Waals surface area (Å²) >= 11 is 0. The number of carbonyl (C=O) groups excluding carboxylic acids is 1. The van der Waals surface area contributed by atoms with Crippen molar-refractivity contribution in [2.75, 3.05) is 25.3 Å². The van der Waals surface area contributed by atoms with Gasteiger partial charge in [0.1, 0.15) is 35.2 Å². The standard InChI is InChI=1S/C19H20N4O5/c1-11-4-5-17(28-11)16-9-15(20)19(25)23(22-16)10-18(24)21-12-6-13(26-2)8-14(7-12)27-3/h4-9H,10,20H2,1-3H3,(H,21,24). The van der Waals surface area contributed by atoms with Crippen LogP contribution in [0.3, 0.4) is 0 Å². The number of nitrogens with two attached hydrogens (primary N) is 1. The van der Waals surface area contributed by atoms with Crippen LogP contribution in [-0.4, -0.2) is 29.9 Å². The molecule has 3 rings (SSSR count). The maximum atomic E-state index is 12.4. The molecule has 2 heterocycles. The van der Waals surface area contributed by atoms with Crippen molar-refractivity contribution < 1.29 is 18.7 Å². The molecule has 0 atom stereocenters. The van der Waals surface area contributed by atoms with Crippen LogP contribution >= 0.6 is 0 Å². The van der Waals surface area contributed by atoms with E-state index in [0.29, 0.717) is 34.4 Å². The summed E-state index contributed by atoms with van der Waals surface area (Å²) in [5.41, 5.74) is 6.01. The monoisotopic (exact) mass is 384 g/mol. The Morgan fingerprint density at radius 1 is 1.18 bits per heavy atom. The molecular formula is C19H20N4O5. The van der Waals surface area contributed by atoms with Gasteiger partial charge < -0.3 is 24.9 Å². The number of anilines is 2. The van der Waals surface area contributed by atoms with Gasteiger partial charge in [-0.15, -0.1) is 0 Å². The smallest absolute Gasteiger partial charge is 0.290 e. The van der Waals surface area contributed by atoms with Crippen molar-refractivity contribution in [3.8, 4) is 23.0 Å². The van der Waals surface area contributed by atoms with Gasteiger partial charge in [0.05, 0.1) is 14.2 Å². The molecule has 3 aromatic rings. The maximum Gasteiger partial charge on any atom is 0.290 e. The maximum absolute atomic E-state index is 12.4. The van der Waals surface area contributed by atoms with Gasteiger partial charge in [-0.2, -0.15) is 5.10 Å². The first kappa shape index (κ1) is 19.0. The van der Waals surface area contributed by atoms with Crippen LogP contribution in [0.25, 0.3) is 11.5 Å². The molecule has 9 heteroatoms. The molecule has 0 radical (unpaired) electrons. The molecule has 0 spiro atoms. The first-order valence-electron chi connectivity index (χ1n) is 8.37. The van der Waals surface area contributed by atoms with E-state index in [1.165, 1.54) is 20.3 Å². The number of aromatic nitrogens is 2. The molecule has 0 aliphatic rings. The molecule has 0 bridgehead atoms. The van der Waals surface area contributed by atoms with Gasteiger partial charge in [0.15, 0.2) is 5.76 Å². The summed E-state index contributed by atoms with van der Waals surface area (Å²) in [6.07, 6.45) is 0. The van der Waals surface area contributed by atoms with Gasteiger partial charge in [-0.3, -0.25) is 9.59 Å². The third-order valence-electron chi connectivity index (χ3n) is 3.92. The van der Waals surface area contributed by atoms with E-state index in [1.807, 2.05) is 0 Å². The van der Waals surface area contributed by atoms with Gasteiger partial charge in [-0.25, -0.2) is 4.68 Å². The Hall–Kier alpha value is -3.75. The number of furan rings is 1. The van der Waals surface area contributed by atoms with E-state index in [-0.39, 0.29) is 12.2 Å². The number of methoxy groups -OCH3 is 2. The lowest BCUT2D eigenvalue weighted by atomic mass is 10.2. The number of ether oxygens (including phenoxy) is 2. The number of nitrogens with one attached hydrogen (secondary N) is 1. The highest BCUT2D eigenvalue weighted by atomic mass is 16.5. The van der Waals surface area contributed by atoms with E-state index in [2.05, 4.69) is 10.4 Å². The largest absolute Gasteiger partial charge is 0.497 e. The van der Waals surface area contributed by atoms with E-state index in [0.717, 1.165) is 4.68 Å². The van der Waals surface area contributed by atoms with Crippen molar-refractivity contribution in [3.05, 3.63) is 52.5 Å². The number of nitrogen functional groups attached to an aromatic ring is 1. The van der Waals surface area contributed by atoms with E-state index in [1.54, 1.807) is 37.3 Å². The van der Waals surface area contributed by atoms with Crippen molar-refractivity contribution >= 4 is 17.3 Å². The van der Waals surface area contributed by atoms with Gasteiger partial charge in [0.25, 0.3) is 5.56 Å². The van der Waals surface area contributed by atoms with Gasteiger partial charge in [0.2, 0.25) is 5.91 Å². The van der Waals surface area contributed by atoms with Gasteiger partial charge in [-0.05, 0) is 25.1 Å². The number of nitrogens with zero attached hydrogens (tertiary/aromatic N) is 2. The average molecular weight is 384 g/mol. The zero-order valence-electron chi connectivity index (χ0n) is 15.7. The molecule has 0 aliphatic carbocycles. The number of benzene rings is 1. The molecule has 146 valence electrons. The highest BCUT2D eigenvalue weighted by molar-refractivity contribution is 5.91. The molecule has 3 N–H and O–H groups in total. The highest BCUT2D eigenvalue weighted by Gasteiger charge is 2.14. The summed E-state index contributed by atoms with van der Waals surface area (Å²) in [4.78, 5) is 24.7. The molecule has 28 heavy (non-hydrogen) atoms. The van der Waals surface area contributed by atoms with Crippen LogP contribution in [0, 0.1) is 6.92 Å². The normalized spacial score (nSPS) is 10.5. The second-order valence-electron chi connectivity index (χ2n) is 6.01. The molecule has 0 saturated carbocycles. The Labute approximate surface area is 160 Å². The molecule has 0 fully saturated rings. The minimum absolute atomic E-state index is 0.0325. The number of amides is 1. The lowest BCUT2D eigenvalue weighted by molar-refractivity contribution is -0.117. The minimum atomic E-state index is -0.564. The molecule has 0 unspecified atom stereocenters. The summed E-state index contributed by atoms with van der Waals surface area (Å²) in [5, 5.41) is 6.87. The summed E-state index contributed by atoms with van der Waals surface area (Å²) in [7, 11) is 3.02. The van der Waals surface area contributed by atoms with Crippen molar-refractivity contribution in [2.45, 2.75) is 13.5 Å². The number of aryl methyl sites for hydroxylation is 1. The lowest BCUT2D eigenvalue weighted by Crippen LogP contribution is -2.31. The molecule has 1 amide bonds. The minimum Gasteiger partial charge on any atom is -0.497 e. The highest BCUT2D eigenvalue weighted by Crippen LogP contribution is 2.25. The Bertz CT molecular complexity index is 1050. The van der Waals surface area contributed by atoms with Crippen LogP contribution in [0.15, 0.2) is 45.6 Å². The fraction of sp³-hybridized carbons (Fsp3) is 0.211. The average Bonchev–Trinajstić information content (AvgIpc) is 3.11. The van der Waals surface area contributed by atoms with Gasteiger partial charge in [0, 0.05) is 23.9 Å². The second kappa shape index (κ2) is 7.87. The number of carbonyl (C=O) groups is 1. The number of rotatable bonds is 6. The third-order valence-corrected chi connectivity index (χ3v) is 3.92. The van der Waals surface area contributed by atoms with Crippen LogP contribution in [0.1, 0.15) is 5.76 Å². The SMILES string of the molecule is COc1cc(NC(=O)Cn2nc(-c3ccc(C)o3)cc(N)c2=O)cc(OC)c1. The topological polar surface area (TPSA) is 122 Å². The van der Waals surface area contributed by atoms with Crippen molar-refractivity contribution in [2.24, 2.45) is 0 Å². The Kier molecular flexibility index (Phi) is 5.35. The van der Waals surface area contributed by atoms with Crippen LogP contribution < -0.4 is 26.1 Å². The Morgan fingerprint density at radius 3 is 2.43 bits per heavy atom. The predicted octanol–water partition coefficient (Wildman–Crippen LogP) is 2.05. The van der Waals surface area contributed by atoms with Crippen molar-refractivity contribution in [3.63, 3.8) is 0 Å². The van der Waals surface area contributed by atoms with E-state index >= 15 is 0 Å². The zero-order valence-corrected chi connectivity index (χ0v) is 15.7. The summed E-state index contributed by atoms with van der Waals surface area (Å²) in [5.74, 6) is 1.72. The van der Waals surface area contributed by atoms with E-state index in [9.17, 15) is 9.59 Å². The van der Waals surface area contributed by atoms with Crippen LogP contribution in [0.2, 0.25) is 0 Å². The second-order valence-corrected chi connectivity index (χ2v) is 6.01. The van der Waals surface area contributed by atoms with Crippen molar-refractivity contribution in [1.29, 1.82) is 0 Å². The van der Waals surface area contributed by atoms with Gasteiger partial charge in [-0.1, -0.05) is 0 Å². The summed E-state index contributed by atoms with van der Waals surface area (Å²) in [6.45, 7) is 1.47. The fourth-order valence-electron chi connectivity index (χ4n) is 2.58. The quantitative estimate of drug-likeness (QED) is 0.667. The first-order valence-corrected chi connectivity index (χ1v) is 8.37. The molecule has 2 aromatic heterocycles. The molecule has 0 aliphatic heterocycles. The van der Waals surface area contributed by atoms with Crippen molar-refractivity contribution in [1.82, 2.24) is 9.78 Å². The zero-order chi connectivity index (χ0) is 20.3. The Balaban J connectivity index is 1.84.